The van der Waals surface area contributed by atoms with Gasteiger partial charge in [0.05, 0.1) is 31.5 Å². The van der Waals surface area contributed by atoms with Crippen LogP contribution in [-0.4, -0.2) is 24.4 Å². The van der Waals surface area contributed by atoms with Gasteiger partial charge in [0.15, 0.2) is 0 Å². The lowest BCUT2D eigenvalue weighted by molar-refractivity contribution is -0.0470. The standard InChI is InChI=1S/C20H22O3/c1-3-7-15(8-4-1)13-21-17-11-18(20-19(12-17)23-20)22-14-16-9-5-2-6-10-16/h1-10,17-20H,11-14H2/t17-,18-,19+,20-/m1/s1. The van der Waals surface area contributed by atoms with E-state index in [-0.39, 0.29) is 18.3 Å². The molecule has 2 aromatic carbocycles. The molecule has 0 bridgehead atoms. The maximum Gasteiger partial charge on any atom is 0.110 e. The van der Waals surface area contributed by atoms with Crippen LogP contribution in [0.2, 0.25) is 0 Å². The highest BCUT2D eigenvalue weighted by molar-refractivity contribution is 5.14. The quantitative estimate of drug-likeness (QED) is 0.762. The number of rotatable bonds is 6. The van der Waals surface area contributed by atoms with Crippen LogP contribution in [0.3, 0.4) is 0 Å². The number of benzene rings is 2. The molecular formula is C20H22O3. The van der Waals surface area contributed by atoms with E-state index in [1.165, 1.54) is 11.1 Å². The summed E-state index contributed by atoms with van der Waals surface area (Å²) in [5.41, 5.74) is 2.42. The van der Waals surface area contributed by atoms with E-state index in [9.17, 15) is 0 Å². The molecule has 1 saturated heterocycles. The first-order valence-electron chi connectivity index (χ1n) is 8.35. The van der Waals surface area contributed by atoms with Crippen LogP contribution in [0.5, 0.6) is 0 Å². The topological polar surface area (TPSA) is 31.0 Å². The second-order valence-corrected chi connectivity index (χ2v) is 6.36. The minimum Gasteiger partial charge on any atom is -0.373 e. The molecule has 0 aromatic heterocycles. The molecule has 0 N–H and O–H groups in total. The van der Waals surface area contributed by atoms with Crippen molar-refractivity contribution in [3.05, 3.63) is 71.8 Å². The predicted molar refractivity (Wildman–Crippen MR) is 87.9 cm³/mol. The summed E-state index contributed by atoms with van der Waals surface area (Å²) in [6, 6.07) is 20.6. The molecule has 2 aromatic rings. The summed E-state index contributed by atoms with van der Waals surface area (Å²) in [5, 5.41) is 0. The van der Waals surface area contributed by atoms with Gasteiger partial charge in [0.2, 0.25) is 0 Å². The summed E-state index contributed by atoms with van der Waals surface area (Å²) in [7, 11) is 0. The molecule has 1 aliphatic heterocycles. The maximum absolute atomic E-state index is 6.10. The van der Waals surface area contributed by atoms with Gasteiger partial charge in [0, 0.05) is 12.8 Å². The van der Waals surface area contributed by atoms with Gasteiger partial charge in [-0.25, -0.2) is 0 Å². The summed E-state index contributed by atoms with van der Waals surface area (Å²) in [5.74, 6) is 0. The minimum atomic E-state index is 0.148. The van der Waals surface area contributed by atoms with Gasteiger partial charge in [-0.05, 0) is 11.1 Å². The van der Waals surface area contributed by atoms with E-state index < -0.39 is 0 Å². The lowest BCUT2D eigenvalue weighted by atomic mass is 9.94. The lowest BCUT2D eigenvalue weighted by Crippen LogP contribution is -2.34. The SMILES string of the molecule is c1ccc(CO[C@H]2C[C@@H]3O[C@@H]3[C@H](OCc3ccccc3)C2)cc1. The average molecular weight is 310 g/mol. The third-order valence-corrected chi connectivity index (χ3v) is 4.61. The van der Waals surface area contributed by atoms with Crippen LogP contribution in [0.1, 0.15) is 24.0 Å². The molecule has 2 aliphatic rings. The molecule has 4 rings (SSSR count). The number of epoxide rings is 1. The normalized spacial score (nSPS) is 29.0. The van der Waals surface area contributed by atoms with Crippen LogP contribution in [0.4, 0.5) is 0 Å². The van der Waals surface area contributed by atoms with E-state index in [1.54, 1.807) is 0 Å². The lowest BCUT2D eigenvalue weighted by Gasteiger charge is -2.26. The van der Waals surface area contributed by atoms with Crippen LogP contribution >= 0.6 is 0 Å². The summed E-state index contributed by atoms with van der Waals surface area (Å²) >= 11 is 0. The molecule has 0 spiro atoms. The number of ether oxygens (including phenoxy) is 3. The van der Waals surface area contributed by atoms with Crippen molar-refractivity contribution in [3.63, 3.8) is 0 Å². The Bertz CT molecular complexity index is 613. The van der Waals surface area contributed by atoms with E-state index >= 15 is 0 Å². The number of fused-ring (bicyclic) bond motifs is 1. The van der Waals surface area contributed by atoms with E-state index in [1.807, 2.05) is 36.4 Å². The van der Waals surface area contributed by atoms with Gasteiger partial charge < -0.3 is 14.2 Å². The third kappa shape index (κ3) is 3.81. The Hall–Kier alpha value is -1.68. The third-order valence-electron chi connectivity index (χ3n) is 4.61. The van der Waals surface area contributed by atoms with Gasteiger partial charge in [-0.1, -0.05) is 60.7 Å². The Morgan fingerprint density at radius 3 is 2.04 bits per heavy atom. The van der Waals surface area contributed by atoms with Crippen LogP contribution in [0.25, 0.3) is 0 Å². The molecule has 0 amide bonds. The second-order valence-electron chi connectivity index (χ2n) is 6.36. The van der Waals surface area contributed by atoms with Gasteiger partial charge in [-0.2, -0.15) is 0 Å². The highest BCUT2D eigenvalue weighted by atomic mass is 16.6. The van der Waals surface area contributed by atoms with E-state index in [0.717, 1.165) is 12.8 Å². The second kappa shape index (κ2) is 6.83. The fourth-order valence-corrected chi connectivity index (χ4v) is 3.29. The molecule has 1 heterocycles. The average Bonchev–Trinajstić information content (AvgIpc) is 3.39. The molecule has 4 atom stereocenters. The first kappa shape index (κ1) is 14.9. The Kier molecular flexibility index (Phi) is 4.42. The Labute approximate surface area is 137 Å². The van der Waals surface area contributed by atoms with Crippen molar-refractivity contribution >= 4 is 0 Å². The van der Waals surface area contributed by atoms with E-state index in [0.29, 0.717) is 19.3 Å². The van der Waals surface area contributed by atoms with Crippen molar-refractivity contribution in [2.75, 3.05) is 0 Å². The van der Waals surface area contributed by atoms with Gasteiger partial charge >= 0.3 is 0 Å². The summed E-state index contributed by atoms with van der Waals surface area (Å²) in [6.07, 6.45) is 2.87. The smallest absolute Gasteiger partial charge is 0.110 e. The van der Waals surface area contributed by atoms with Crippen LogP contribution in [0, 0.1) is 0 Å². The van der Waals surface area contributed by atoms with Gasteiger partial charge in [0.25, 0.3) is 0 Å². The first-order chi connectivity index (χ1) is 11.4. The van der Waals surface area contributed by atoms with E-state index in [2.05, 4.69) is 24.3 Å². The Morgan fingerprint density at radius 2 is 1.39 bits per heavy atom. The molecule has 23 heavy (non-hydrogen) atoms. The van der Waals surface area contributed by atoms with Crippen molar-refractivity contribution in [3.8, 4) is 0 Å². The zero-order chi connectivity index (χ0) is 15.5. The Balaban J connectivity index is 1.29. The summed E-state index contributed by atoms with van der Waals surface area (Å²) in [4.78, 5) is 0. The van der Waals surface area contributed by atoms with Gasteiger partial charge in [-0.15, -0.1) is 0 Å². The van der Waals surface area contributed by atoms with Crippen LogP contribution in [0.15, 0.2) is 60.7 Å². The molecule has 1 aliphatic carbocycles. The number of hydrogen-bond donors (Lipinski definition) is 0. The maximum atomic E-state index is 6.10. The van der Waals surface area contributed by atoms with Crippen molar-refractivity contribution in [1.29, 1.82) is 0 Å². The highest BCUT2D eigenvalue weighted by Crippen LogP contribution is 2.40. The summed E-state index contributed by atoms with van der Waals surface area (Å²) < 4.78 is 17.9. The largest absolute Gasteiger partial charge is 0.373 e. The Morgan fingerprint density at radius 1 is 0.783 bits per heavy atom. The van der Waals surface area contributed by atoms with Gasteiger partial charge in [-0.3, -0.25) is 0 Å². The van der Waals surface area contributed by atoms with Crippen molar-refractivity contribution in [2.24, 2.45) is 0 Å². The molecule has 2 fully saturated rings. The van der Waals surface area contributed by atoms with Crippen molar-refractivity contribution in [1.82, 2.24) is 0 Å². The number of hydrogen-bond acceptors (Lipinski definition) is 3. The fourth-order valence-electron chi connectivity index (χ4n) is 3.29. The van der Waals surface area contributed by atoms with Crippen LogP contribution < -0.4 is 0 Å². The molecular weight excluding hydrogens is 288 g/mol. The van der Waals surface area contributed by atoms with Crippen LogP contribution in [-0.2, 0) is 27.4 Å². The fraction of sp³-hybridized carbons (Fsp3) is 0.400. The van der Waals surface area contributed by atoms with E-state index in [4.69, 9.17) is 14.2 Å². The van der Waals surface area contributed by atoms with Crippen molar-refractivity contribution in [2.45, 2.75) is 50.5 Å². The molecule has 0 radical (unpaired) electrons. The molecule has 120 valence electrons. The predicted octanol–water partition coefficient (Wildman–Crippen LogP) is 3.72. The molecule has 0 unspecified atom stereocenters. The van der Waals surface area contributed by atoms with Gasteiger partial charge in [0.1, 0.15) is 6.10 Å². The first-order valence-corrected chi connectivity index (χ1v) is 8.35. The molecule has 3 heteroatoms. The molecule has 1 saturated carbocycles. The minimum absolute atomic E-state index is 0.148. The summed E-state index contributed by atoms with van der Waals surface area (Å²) in [6.45, 7) is 1.30. The van der Waals surface area contributed by atoms with Crippen molar-refractivity contribution < 1.29 is 14.2 Å². The monoisotopic (exact) mass is 310 g/mol. The zero-order valence-corrected chi connectivity index (χ0v) is 13.1. The molecule has 3 nitrogen and oxygen atoms in total. The highest BCUT2D eigenvalue weighted by Gasteiger charge is 2.51. The zero-order valence-electron chi connectivity index (χ0n) is 13.1.